The second-order valence-electron chi connectivity index (χ2n) is 7.81. The van der Waals surface area contributed by atoms with Crippen molar-refractivity contribution in [1.82, 2.24) is 14.7 Å². The van der Waals surface area contributed by atoms with Gasteiger partial charge in [-0.25, -0.2) is 4.68 Å². The predicted molar refractivity (Wildman–Crippen MR) is 110 cm³/mol. The number of β-amino-alcohol motifs (C(OH)–C–C–N with tert-alkyl or cyclic N) is 1. The summed E-state index contributed by atoms with van der Waals surface area (Å²) in [5, 5.41) is 24.8. The van der Waals surface area contributed by atoms with E-state index in [-0.39, 0.29) is 0 Å². The van der Waals surface area contributed by atoms with Crippen LogP contribution in [0.5, 0.6) is 0 Å². The van der Waals surface area contributed by atoms with Gasteiger partial charge in [0, 0.05) is 37.0 Å². The molecule has 1 aromatic heterocycles. The molecule has 1 aliphatic rings. The van der Waals surface area contributed by atoms with E-state index in [0.29, 0.717) is 19.5 Å². The van der Waals surface area contributed by atoms with E-state index < -0.39 is 12.2 Å². The highest BCUT2D eigenvalue weighted by Gasteiger charge is 2.27. The van der Waals surface area contributed by atoms with Gasteiger partial charge < -0.3 is 10.2 Å². The van der Waals surface area contributed by atoms with Crippen molar-refractivity contribution in [2.24, 2.45) is 0 Å². The molecule has 1 fully saturated rings. The van der Waals surface area contributed by atoms with Gasteiger partial charge >= 0.3 is 0 Å². The number of aryl methyl sites for hydroxylation is 2. The minimum atomic E-state index is -0.691. The second kappa shape index (κ2) is 7.87. The molecule has 2 atom stereocenters. The minimum absolute atomic E-state index is 0.476. The summed E-state index contributed by atoms with van der Waals surface area (Å²) < 4.78 is 1.93. The fourth-order valence-corrected chi connectivity index (χ4v) is 3.76. The molecule has 146 valence electrons. The lowest BCUT2D eigenvalue weighted by atomic mass is 10.0. The zero-order valence-corrected chi connectivity index (χ0v) is 16.4. The van der Waals surface area contributed by atoms with Crippen LogP contribution in [0.2, 0.25) is 0 Å². The molecule has 1 saturated heterocycles. The third kappa shape index (κ3) is 4.02. The third-order valence-corrected chi connectivity index (χ3v) is 5.40. The highest BCUT2D eigenvalue weighted by molar-refractivity contribution is 5.64. The summed E-state index contributed by atoms with van der Waals surface area (Å²) in [6, 6.07) is 16.7. The molecule has 5 nitrogen and oxygen atoms in total. The molecule has 0 spiro atoms. The van der Waals surface area contributed by atoms with E-state index in [9.17, 15) is 10.2 Å². The summed E-state index contributed by atoms with van der Waals surface area (Å²) in [7, 11) is 0. The molecule has 2 N–H and O–H groups in total. The summed E-state index contributed by atoms with van der Waals surface area (Å²) >= 11 is 0. The Morgan fingerprint density at radius 2 is 1.79 bits per heavy atom. The van der Waals surface area contributed by atoms with Crippen LogP contribution in [0, 0.1) is 13.8 Å². The van der Waals surface area contributed by atoms with Gasteiger partial charge in [-0.15, -0.1) is 0 Å². The van der Waals surface area contributed by atoms with Crippen LogP contribution in [0.15, 0.2) is 54.7 Å². The Morgan fingerprint density at radius 3 is 2.50 bits per heavy atom. The lowest BCUT2D eigenvalue weighted by Gasteiger charge is -2.33. The largest absolute Gasteiger partial charge is 0.390 e. The molecule has 1 aliphatic heterocycles. The van der Waals surface area contributed by atoms with E-state index in [1.54, 1.807) is 0 Å². The standard InChI is InChI=1S/C23H27N3O2/c1-16-6-8-20(9-7-16)26-14-19(13-25-11-10-21(27)22(28)15-25)23(24-26)18-5-3-4-17(2)12-18/h3-9,12,14,21-22,27-28H,10-11,13,15H2,1-2H3. The smallest absolute Gasteiger partial charge is 0.0972 e. The zero-order chi connectivity index (χ0) is 19.7. The first-order valence-electron chi connectivity index (χ1n) is 9.81. The van der Waals surface area contributed by atoms with Gasteiger partial charge in [-0.2, -0.15) is 5.10 Å². The van der Waals surface area contributed by atoms with E-state index in [1.807, 2.05) is 4.68 Å². The number of hydrogen-bond acceptors (Lipinski definition) is 4. The van der Waals surface area contributed by atoms with Gasteiger partial charge in [-0.05, 0) is 38.5 Å². The topological polar surface area (TPSA) is 61.5 Å². The number of hydrogen-bond donors (Lipinski definition) is 2. The summed E-state index contributed by atoms with van der Waals surface area (Å²) in [4.78, 5) is 2.19. The monoisotopic (exact) mass is 377 g/mol. The number of aliphatic hydroxyl groups excluding tert-OH is 2. The molecule has 0 aliphatic carbocycles. The maximum atomic E-state index is 10.0. The quantitative estimate of drug-likeness (QED) is 0.734. The Kier molecular flexibility index (Phi) is 5.31. The average Bonchev–Trinajstić information content (AvgIpc) is 3.09. The third-order valence-electron chi connectivity index (χ3n) is 5.40. The van der Waals surface area contributed by atoms with Crippen LogP contribution in [0.1, 0.15) is 23.1 Å². The number of aromatic nitrogens is 2. The lowest BCUT2D eigenvalue weighted by Crippen LogP contribution is -2.46. The van der Waals surface area contributed by atoms with Crippen molar-refractivity contribution in [3.05, 3.63) is 71.4 Å². The average molecular weight is 377 g/mol. The predicted octanol–water partition coefficient (Wildman–Crippen LogP) is 3.08. The van der Waals surface area contributed by atoms with Crippen molar-refractivity contribution in [1.29, 1.82) is 0 Å². The van der Waals surface area contributed by atoms with Gasteiger partial charge in [0.25, 0.3) is 0 Å². The van der Waals surface area contributed by atoms with Crippen LogP contribution in [0.25, 0.3) is 16.9 Å². The molecule has 0 saturated carbocycles. The Balaban J connectivity index is 1.69. The minimum Gasteiger partial charge on any atom is -0.390 e. The first kappa shape index (κ1) is 18.9. The first-order chi connectivity index (χ1) is 13.5. The molecule has 2 aromatic carbocycles. The zero-order valence-electron chi connectivity index (χ0n) is 16.4. The Labute approximate surface area is 165 Å². The molecular formula is C23H27N3O2. The molecule has 28 heavy (non-hydrogen) atoms. The highest BCUT2D eigenvalue weighted by Crippen LogP contribution is 2.27. The van der Waals surface area contributed by atoms with Crippen molar-refractivity contribution in [2.75, 3.05) is 13.1 Å². The number of benzene rings is 2. The van der Waals surface area contributed by atoms with E-state index in [2.05, 4.69) is 73.5 Å². The molecular weight excluding hydrogens is 350 g/mol. The maximum absolute atomic E-state index is 10.0. The lowest BCUT2D eigenvalue weighted by molar-refractivity contribution is -0.0403. The van der Waals surface area contributed by atoms with Crippen molar-refractivity contribution >= 4 is 0 Å². The number of piperidine rings is 1. The number of rotatable bonds is 4. The van der Waals surface area contributed by atoms with Crippen LogP contribution in [-0.4, -0.2) is 50.2 Å². The van der Waals surface area contributed by atoms with Gasteiger partial charge in [0.15, 0.2) is 0 Å². The van der Waals surface area contributed by atoms with Gasteiger partial charge in [-0.1, -0.05) is 41.5 Å². The number of nitrogens with zero attached hydrogens (tertiary/aromatic N) is 3. The van der Waals surface area contributed by atoms with E-state index >= 15 is 0 Å². The van der Waals surface area contributed by atoms with E-state index in [1.165, 1.54) is 11.1 Å². The van der Waals surface area contributed by atoms with Gasteiger partial charge in [0.2, 0.25) is 0 Å². The first-order valence-corrected chi connectivity index (χ1v) is 9.81. The highest BCUT2D eigenvalue weighted by atomic mass is 16.3. The van der Waals surface area contributed by atoms with Crippen LogP contribution < -0.4 is 0 Å². The number of aliphatic hydroxyl groups is 2. The van der Waals surface area contributed by atoms with Crippen LogP contribution in [0.3, 0.4) is 0 Å². The molecule has 0 bridgehead atoms. The van der Waals surface area contributed by atoms with Crippen molar-refractivity contribution in [2.45, 2.75) is 39.0 Å². The van der Waals surface area contributed by atoms with Gasteiger partial charge in [0.05, 0.1) is 23.6 Å². The van der Waals surface area contributed by atoms with Crippen molar-refractivity contribution < 1.29 is 10.2 Å². The maximum Gasteiger partial charge on any atom is 0.0972 e. The Hall–Kier alpha value is -2.47. The summed E-state index contributed by atoms with van der Waals surface area (Å²) in [5.41, 5.74) is 6.62. The van der Waals surface area contributed by atoms with E-state index in [4.69, 9.17) is 5.10 Å². The Morgan fingerprint density at radius 1 is 1.00 bits per heavy atom. The number of likely N-dealkylation sites (tertiary alicyclic amines) is 1. The van der Waals surface area contributed by atoms with Crippen molar-refractivity contribution in [3.63, 3.8) is 0 Å². The molecule has 5 heteroatoms. The van der Waals surface area contributed by atoms with E-state index in [0.717, 1.165) is 29.1 Å². The fraction of sp³-hybridized carbons (Fsp3) is 0.348. The SMILES string of the molecule is Cc1ccc(-n2cc(CN3CCC(O)C(O)C3)c(-c3cccc(C)c3)n2)cc1. The summed E-state index contributed by atoms with van der Waals surface area (Å²) in [6.07, 6.45) is 1.36. The van der Waals surface area contributed by atoms with Crippen LogP contribution >= 0.6 is 0 Å². The molecule has 0 amide bonds. The van der Waals surface area contributed by atoms with Crippen molar-refractivity contribution in [3.8, 4) is 16.9 Å². The van der Waals surface area contributed by atoms with Crippen LogP contribution in [-0.2, 0) is 6.54 Å². The van der Waals surface area contributed by atoms with Gasteiger partial charge in [-0.3, -0.25) is 4.90 Å². The molecule has 2 unspecified atom stereocenters. The fourth-order valence-electron chi connectivity index (χ4n) is 3.76. The molecule has 0 radical (unpaired) electrons. The van der Waals surface area contributed by atoms with Gasteiger partial charge in [0.1, 0.15) is 0 Å². The second-order valence-corrected chi connectivity index (χ2v) is 7.81. The molecule has 3 aromatic rings. The molecule has 4 rings (SSSR count). The Bertz CT molecular complexity index is 949. The molecule has 2 heterocycles. The normalized spacial score (nSPS) is 20.4. The van der Waals surface area contributed by atoms with Crippen LogP contribution in [0.4, 0.5) is 0 Å². The summed E-state index contributed by atoms with van der Waals surface area (Å²) in [5.74, 6) is 0. The summed E-state index contributed by atoms with van der Waals surface area (Å²) in [6.45, 7) is 6.10.